The van der Waals surface area contributed by atoms with E-state index in [1.807, 2.05) is 12.1 Å². The first kappa shape index (κ1) is 16.2. The fraction of sp³-hybridized carbons (Fsp3) is 0.625. The van der Waals surface area contributed by atoms with E-state index in [1.54, 1.807) is 12.1 Å². The number of rotatable bonds is 4. The molecule has 3 nitrogen and oxygen atoms in total. The molecule has 0 bridgehead atoms. The highest BCUT2D eigenvalue weighted by atomic mass is 19.3. The number of halogens is 2. The molecule has 1 atom stereocenters. The number of piperazine rings is 1. The van der Waals surface area contributed by atoms with E-state index in [9.17, 15) is 8.78 Å². The summed E-state index contributed by atoms with van der Waals surface area (Å²) in [4.78, 5) is 2.46. The maximum Gasteiger partial charge on any atom is 0.387 e. The number of nitrogens with zero attached hydrogens (tertiary/aromatic N) is 1. The Hall–Kier alpha value is -1.20. The molecule has 1 aliphatic heterocycles. The third-order valence-electron chi connectivity index (χ3n) is 3.76. The lowest BCUT2D eigenvalue weighted by molar-refractivity contribution is -0.0498. The number of benzene rings is 1. The van der Waals surface area contributed by atoms with E-state index >= 15 is 0 Å². The van der Waals surface area contributed by atoms with Crippen LogP contribution in [-0.4, -0.2) is 37.7 Å². The zero-order chi connectivity index (χ0) is 15.5. The summed E-state index contributed by atoms with van der Waals surface area (Å²) in [5.41, 5.74) is 1.22. The number of hydrogen-bond acceptors (Lipinski definition) is 3. The molecule has 2 rings (SSSR count). The van der Waals surface area contributed by atoms with Crippen LogP contribution in [-0.2, 0) is 0 Å². The quantitative estimate of drug-likeness (QED) is 0.923. The maximum absolute atomic E-state index is 12.2. The van der Waals surface area contributed by atoms with E-state index in [0.29, 0.717) is 0 Å². The highest BCUT2D eigenvalue weighted by Gasteiger charge is 2.32. The molecule has 5 heteroatoms. The van der Waals surface area contributed by atoms with Crippen molar-refractivity contribution in [3.8, 4) is 5.75 Å². The van der Waals surface area contributed by atoms with Gasteiger partial charge in [0.25, 0.3) is 0 Å². The van der Waals surface area contributed by atoms with Gasteiger partial charge in [-0.15, -0.1) is 0 Å². The molecule has 1 fully saturated rings. The molecule has 0 radical (unpaired) electrons. The largest absolute Gasteiger partial charge is 0.435 e. The van der Waals surface area contributed by atoms with Crippen molar-refractivity contribution < 1.29 is 13.5 Å². The van der Waals surface area contributed by atoms with Crippen LogP contribution in [0.15, 0.2) is 24.3 Å². The van der Waals surface area contributed by atoms with Gasteiger partial charge in [0.1, 0.15) is 5.75 Å². The Labute approximate surface area is 125 Å². The van der Waals surface area contributed by atoms with Crippen LogP contribution in [0.5, 0.6) is 5.75 Å². The molecule has 0 saturated carbocycles. The normalized spacial score (nSPS) is 18.8. The number of ether oxygens (including phenoxy) is 1. The molecule has 21 heavy (non-hydrogen) atoms. The Morgan fingerprint density at radius 2 is 1.67 bits per heavy atom. The Morgan fingerprint density at radius 3 is 2.14 bits per heavy atom. The lowest BCUT2D eigenvalue weighted by Gasteiger charge is -2.42. The Balaban J connectivity index is 2.20. The van der Waals surface area contributed by atoms with E-state index in [2.05, 4.69) is 35.7 Å². The average Bonchev–Trinajstić information content (AvgIpc) is 2.40. The predicted molar refractivity (Wildman–Crippen MR) is 79.7 cm³/mol. The first-order valence-electron chi connectivity index (χ1n) is 7.37. The second-order valence-corrected chi connectivity index (χ2v) is 6.50. The molecule has 1 heterocycles. The standard InChI is InChI=1S/C16H24F2N2O/c1-16(2,3)14(20-10-8-19-9-11-20)12-4-6-13(7-5-12)21-15(17)18/h4-7,14-15,19H,8-11H2,1-3H3/t14-/m1/s1. The van der Waals surface area contributed by atoms with Crippen molar-refractivity contribution in [2.24, 2.45) is 5.41 Å². The molecule has 1 aromatic rings. The first-order chi connectivity index (χ1) is 9.88. The fourth-order valence-electron chi connectivity index (χ4n) is 3.03. The minimum absolute atomic E-state index is 0.0719. The zero-order valence-corrected chi connectivity index (χ0v) is 12.9. The minimum atomic E-state index is -2.78. The van der Waals surface area contributed by atoms with Crippen molar-refractivity contribution in [2.45, 2.75) is 33.4 Å². The second-order valence-electron chi connectivity index (χ2n) is 6.50. The molecule has 0 aromatic heterocycles. The van der Waals surface area contributed by atoms with Crippen molar-refractivity contribution in [2.75, 3.05) is 26.2 Å². The average molecular weight is 298 g/mol. The molecule has 1 aliphatic rings. The van der Waals surface area contributed by atoms with E-state index in [0.717, 1.165) is 31.7 Å². The van der Waals surface area contributed by atoms with Gasteiger partial charge >= 0.3 is 6.61 Å². The van der Waals surface area contributed by atoms with Crippen molar-refractivity contribution in [1.29, 1.82) is 0 Å². The molecule has 0 unspecified atom stereocenters. The van der Waals surface area contributed by atoms with Crippen molar-refractivity contribution in [3.05, 3.63) is 29.8 Å². The van der Waals surface area contributed by atoms with Crippen LogP contribution in [0.3, 0.4) is 0 Å². The van der Waals surface area contributed by atoms with Gasteiger partial charge in [0.2, 0.25) is 0 Å². The van der Waals surface area contributed by atoms with Crippen LogP contribution < -0.4 is 10.1 Å². The number of hydrogen-bond donors (Lipinski definition) is 1. The summed E-state index contributed by atoms with van der Waals surface area (Å²) >= 11 is 0. The van der Waals surface area contributed by atoms with Gasteiger partial charge in [0.15, 0.2) is 0 Å². The molecule has 118 valence electrons. The van der Waals surface area contributed by atoms with E-state index < -0.39 is 6.61 Å². The topological polar surface area (TPSA) is 24.5 Å². The van der Waals surface area contributed by atoms with E-state index in [-0.39, 0.29) is 17.2 Å². The highest BCUT2D eigenvalue weighted by molar-refractivity contribution is 5.30. The molecule has 1 N–H and O–H groups in total. The van der Waals surface area contributed by atoms with Gasteiger partial charge in [-0.3, -0.25) is 4.90 Å². The molecular weight excluding hydrogens is 274 g/mol. The summed E-state index contributed by atoms with van der Waals surface area (Å²) in [6, 6.07) is 7.32. The van der Waals surface area contributed by atoms with Crippen molar-refractivity contribution >= 4 is 0 Å². The fourth-order valence-corrected chi connectivity index (χ4v) is 3.03. The Bertz CT molecular complexity index is 437. The van der Waals surface area contributed by atoms with E-state index in [1.165, 1.54) is 0 Å². The van der Waals surface area contributed by atoms with Gasteiger partial charge in [-0.1, -0.05) is 32.9 Å². The summed E-state index contributed by atoms with van der Waals surface area (Å²) in [6.45, 7) is 7.82. The van der Waals surface area contributed by atoms with Crippen molar-refractivity contribution in [1.82, 2.24) is 10.2 Å². The Morgan fingerprint density at radius 1 is 1.10 bits per heavy atom. The van der Waals surface area contributed by atoms with Gasteiger partial charge in [-0.25, -0.2) is 0 Å². The summed E-state index contributed by atoms with van der Waals surface area (Å²) < 4.78 is 28.9. The summed E-state index contributed by atoms with van der Waals surface area (Å²) in [7, 11) is 0. The number of nitrogens with one attached hydrogen (secondary N) is 1. The van der Waals surface area contributed by atoms with Gasteiger partial charge in [0.05, 0.1) is 0 Å². The molecule has 1 aromatic carbocycles. The van der Waals surface area contributed by atoms with Crippen LogP contribution in [0.1, 0.15) is 32.4 Å². The summed E-state index contributed by atoms with van der Waals surface area (Å²) in [5.74, 6) is 0.210. The monoisotopic (exact) mass is 298 g/mol. The first-order valence-corrected chi connectivity index (χ1v) is 7.37. The van der Waals surface area contributed by atoms with Gasteiger partial charge in [0, 0.05) is 32.2 Å². The third kappa shape index (κ3) is 4.38. The van der Waals surface area contributed by atoms with Crippen LogP contribution >= 0.6 is 0 Å². The smallest absolute Gasteiger partial charge is 0.387 e. The van der Waals surface area contributed by atoms with Crippen LogP contribution in [0.4, 0.5) is 8.78 Å². The highest BCUT2D eigenvalue weighted by Crippen LogP contribution is 2.38. The molecule has 0 amide bonds. The lowest BCUT2D eigenvalue weighted by Crippen LogP contribution is -2.48. The molecule has 0 aliphatic carbocycles. The van der Waals surface area contributed by atoms with Gasteiger partial charge < -0.3 is 10.1 Å². The van der Waals surface area contributed by atoms with E-state index in [4.69, 9.17) is 0 Å². The van der Waals surface area contributed by atoms with Crippen molar-refractivity contribution in [3.63, 3.8) is 0 Å². The minimum Gasteiger partial charge on any atom is -0.435 e. The van der Waals surface area contributed by atoms with Gasteiger partial charge in [-0.05, 0) is 23.1 Å². The van der Waals surface area contributed by atoms with Crippen LogP contribution in [0, 0.1) is 5.41 Å². The molecular formula is C16H24F2N2O. The predicted octanol–water partition coefficient (Wildman–Crippen LogP) is 3.28. The second kappa shape index (κ2) is 6.71. The van der Waals surface area contributed by atoms with Crippen LogP contribution in [0.2, 0.25) is 0 Å². The molecule has 0 spiro atoms. The van der Waals surface area contributed by atoms with Crippen LogP contribution in [0.25, 0.3) is 0 Å². The zero-order valence-electron chi connectivity index (χ0n) is 12.9. The summed E-state index contributed by atoms with van der Waals surface area (Å²) in [6.07, 6.45) is 0. The lowest BCUT2D eigenvalue weighted by atomic mass is 9.81. The summed E-state index contributed by atoms with van der Waals surface area (Å²) in [5, 5.41) is 3.36. The maximum atomic E-state index is 12.2. The number of alkyl halides is 2. The third-order valence-corrected chi connectivity index (χ3v) is 3.76. The van der Waals surface area contributed by atoms with Gasteiger partial charge in [-0.2, -0.15) is 8.78 Å². The Kier molecular flexibility index (Phi) is 5.17. The molecule has 1 saturated heterocycles. The SMILES string of the molecule is CC(C)(C)[C@@H](c1ccc(OC(F)F)cc1)N1CCNCC1.